The lowest BCUT2D eigenvalue weighted by Crippen LogP contribution is -2.48. The van der Waals surface area contributed by atoms with Crippen LogP contribution in [0.4, 0.5) is 10.4 Å². The predicted octanol–water partition coefficient (Wildman–Crippen LogP) is 2.64. The van der Waals surface area contributed by atoms with E-state index in [1.54, 1.807) is 23.1 Å². The van der Waals surface area contributed by atoms with Crippen molar-refractivity contribution in [2.24, 2.45) is 0 Å². The number of aromatic nitrogens is 1. The molecule has 0 aliphatic carbocycles. The number of rotatable bonds is 1. The first kappa shape index (κ1) is 8.97. The molecule has 15 heavy (non-hydrogen) atoms. The molecule has 1 saturated heterocycles. The Balaban J connectivity index is 1.99. The normalized spacial score (nSPS) is 17.1. The molecule has 1 aliphatic heterocycles. The Hall–Kier alpha value is -1.29. The Morgan fingerprint density at radius 2 is 2.27 bits per heavy atom. The van der Waals surface area contributed by atoms with E-state index in [4.69, 9.17) is 16.0 Å². The molecule has 1 fully saturated rings. The molecule has 0 spiro atoms. The van der Waals surface area contributed by atoms with E-state index in [2.05, 4.69) is 4.98 Å². The maximum Gasteiger partial charge on any atom is 0.298 e. The standard InChI is InChI=1S/C10H8ClFN2O/c11-6-1-2-8-9(3-6)15-10(13-8)14-4-7(12)5-14/h1-3,7H,4-5H2. The second kappa shape index (κ2) is 3.10. The zero-order chi connectivity index (χ0) is 10.4. The van der Waals surface area contributed by atoms with E-state index in [1.165, 1.54) is 0 Å². The third-order valence-corrected chi connectivity index (χ3v) is 2.68. The molecule has 0 N–H and O–H groups in total. The van der Waals surface area contributed by atoms with Gasteiger partial charge in [0.2, 0.25) is 0 Å². The van der Waals surface area contributed by atoms with Crippen LogP contribution in [0.5, 0.6) is 0 Å². The summed E-state index contributed by atoms with van der Waals surface area (Å²) >= 11 is 5.82. The molecule has 5 heteroatoms. The van der Waals surface area contributed by atoms with Crippen LogP contribution in [0, 0.1) is 0 Å². The van der Waals surface area contributed by atoms with Gasteiger partial charge in [0.05, 0.1) is 13.1 Å². The zero-order valence-corrected chi connectivity index (χ0v) is 8.54. The lowest BCUT2D eigenvalue weighted by Gasteiger charge is -2.32. The van der Waals surface area contributed by atoms with Crippen LogP contribution in [0.2, 0.25) is 5.02 Å². The van der Waals surface area contributed by atoms with Crippen LogP contribution >= 0.6 is 11.6 Å². The molecule has 3 rings (SSSR count). The minimum Gasteiger partial charge on any atom is -0.423 e. The molecule has 1 aliphatic rings. The van der Waals surface area contributed by atoms with Gasteiger partial charge in [0.1, 0.15) is 11.7 Å². The summed E-state index contributed by atoms with van der Waals surface area (Å²) in [6, 6.07) is 5.73. The van der Waals surface area contributed by atoms with Crippen molar-refractivity contribution in [3.05, 3.63) is 23.2 Å². The average Bonchev–Trinajstić information content (AvgIpc) is 2.55. The summed E-state index contributed by atoms with van der Waals surface area (Å²) in [5.74, 6) is 0. The molecule has 0 amide bonds. The maximum absolute atomic E-state index is 12.6. The molecule has 0 atom stereocenters. The number of oxazole rings is 1. The van der Waals surface area contributed by atoms with Crippen LogP contribution in [0.25, 0.3) is 11.1 Å². The summed E-state index contributed by atoms with van der Waals surface area (Å²) in [6.45, 7) is 0.723. The van der Waals surface area contributed by atoms with Crippen LogP contribution in [-0.4, -0.2) is 24.2 Å². The van der Waals surface area contributed by atoms with E-state index >= 15 is 0 Å². The predicted molar refractivity (Wildman–Crippen MR) is 56.1 cm³/mol. The molecule has 78 valence electrons. The molecule has 1 aromatic heterocycles. The van der Waals surface area contributed by atoms with Gasteiger partial charge >= 0.3 is 0 Å². The van der Waals surface area contributed by atoms with E-state index in [1.807, 2.05) is 0 Å². The monoisotopic (exact) mass is 226 g/mol. The van der Waals surface area contributed by atoms with Crippen molar-refractivity contribution in [2.75, 3.05) is 18.0 Å². The minimum absolute atomic E-state index is 0.362. The first-order valence-electron chi connectivity index (χ1n) is 4.67. The van der Waals surface area contributed by atoms with Gasteiger partial charge in [-0.05, 0) is 12.1 Å². The molecule has 0 bridgehead atoms. The SMILES string of the molecule is FC1CN(c2nc3ccc(Cl)cc3o2)C1. The number of anilines is 1. The highest BCUT2D eigenvalue weighted by Gasteiger charge is 2.29. The Morgan fingerprint density at radius 1 is 1.47 bits per heavy atom. The van der Waals surface area contributed by atoms with Crippen molar-refractivity contribution < 1.29 is 8.81 Å². The van der Waals surface area contributed by atoms with E-state index in [-0.39, 0.29) is 0 Å². The quantitative estimate of drug-likeness (QED) is 0.749. The minimum atomic E-state index is -0.761. The fourth-order valence-electron chi connectivity index (χ4n) is 1.60. The van der Waals surface area contributed by atoms with Crippen LogP contribution in [-0.2, 0) is 0 Å². The molecular weight excluding hydrogens is 219 g/mol. The third kappa shape index (κ3) is 1.45. The smallest absolute Gasteiger partial charge is 0.298 e. The van der Waals surface area contributed by atoms with Gasteiger partial charge in [-0.1, -0.05) is 11.6 Å². The van der Waals surface area contributed by atoms with Gasteiger partial charge < -0.3 is 9.32 Å². The molecule has 0 unspecified atom stereocenters. The molecule has 1 aromatic carbocycles. The zero-order valence-electron chi connectivity index (χ0n) is 7.78. The number of fused-ring (bicyclic) bond motifs is 1. The van der Waals surface area contributed by atoms with E-state index in [0.29, 0.717) is 29.7 Å². The molecule has 3 nitrogen and oxygen atoms in total. The van der Waals surface area contributed by atoms with Crippen LogP contribution in [0.1, 0.15) is 0 Å². The summed E-state index contributed by atoms with van der Waals surface area (Å²) in [4.78, 5) is 6.01. The Morgan fingerprint density at radius 3 is 3.00 bits per heavy atom. The largest absolute Gasteiger partial charge is 0.423 e. The summed E-state index contributed by atoms with van der Waals surface area (Å²) in [5.41, 5.74) is 1.39. The highest BCUT2D eigenvalue weighted by atomic mass is 35.5. The highest BCUT2D eigenvalue weighted by molar-refractivity contribution is 6.31. The fraction of sp³-hybridized carbons (Fsp3) is 0.300. The van der Waals surface area contributed by atoms with Crippen molar-refractivity contribution in [2.45, 2.75) is 6.17 Å². The Bertz CT molecular complexity index is 507. The molecule has 0 saturated carbocycles. The lowest BCUT2D eigenvalue weighted by molar-refractivity contribution is 0.264. The van der Waals surface area contributed by atoms with Gasteiger partial charge in [0.15, 0.2) is 5.58 Å². The molecular formula is C10H8ClFN2O. The second-order valence-corrected chi connectivity index (χ2v) is 4.05. The summed E-state index contributed by atoms with van der Waals surface area (Å²) in [5, 5.41) is 0.608. The van der Waals surface area contributed by atoms with Crippen molar-refractivity contribution in [1.82, 2.24) is 4.98 Å². The number of nitrogens with zero attached hydrogens (tertiary/aromatic N) is 2. The Kier molecular flexibility index (Phi) is 1.85. The Labute approximate surface area is 90.4 Å². The van der Waals surface area contributed by atoms with E-state index in [0.717, 1.165) is 5.52 Å². The van der Waals surface area contributed by atoms with Crippen LogP contribution in [0.15, 0.2) is 22.6 Å². The number of halogens is 2. The number of hydrogen-bond donors (Lipinski definition) is 0. The summed E-state index contributed by atoms with van der Waals surface area (Å²) < 4.78 is 18.1. The first-order valence-corrected chi connectivity index (χ1v) is 5.05. The summed E-state index contributed by atoms with van der Waals surface area (Å²) in [6.07, 6.45) is -0.761. The lowest BCUT2D eigenvalue weighted by atomic mass is 10.2. The summed E-state index contributed by atoms with van der Waals surface area (Å²) in [7, 11) is 0. The van der Waals surface area contributed by atoms with Crippen LogP contribution < -0.4 is 4.90 Å². The van der Waals surface area contributed by atoms with Crippen molar-refractivity contribution in [3.63, 3.8) is 0 Å². The van der Waals surface area contributed by atoms with Crippen molar-refractivity contribution in [3.8, 4) is 0 Å². The van der Waals surface area contributed by atoms with Gasteiger partial charge in [-0.15, -0.1) is 0 Å². The first-order chi connectivity index (χ1) is 7.22. The van der Waals surface area contributed by atoms with Gasteiger partial charge in [-0.2, -0.15) is 4.98 Å². The topological polar surface area (TPSA) is 29.3 Å². The van der Waals surface area contributed by atoms with Gasteiger partial charge in [-0.3, -0.25) is 0 Å². The fourth-order valence-corrected chi connectivity index (χ4v) is 1.76. The average molecular weight is 227 g/mol. The van der Waals surface area contributed by atoms with Gasteiger partial charge in [0, 0.05) is 11.1 Å². The van der Waals surface area contributed by atoms with E-state index < -0.39 is 6.17 Å². The highest BCUT2D eigenvalue weighted by Crippen LogP contribution is 2.27. The molecule has 2 aromatic rings. The molecule has 0 radical (unpaired) electrons. The van der Waals surface area contributed by atoms with Crippen molar-refractivity contribution in [1.29, 1.82) is 0 Å². The second-order valence-electron chi connectivity index (χ2n) is 3.61. The number of hydrogen-bond acceptors (Lipinski definition) is 3. The van der Waals surface area contributed by atoms with Crippen molar-refractivity contribution >= 4 is 28.7 Å². The van der Waals surface area contributed by atoms with Crippen LogP contribution in [0.3, 0.4) is 0 Å². The third-order valence-electron chi connectivity index (χ3n) is 2.45. The molecule has 2 heterocycles. The van der Waals surface area contributed by atoms with Gasteiger partial charge in [0.25, 0.3) is 6.01 Å². The van der Waals surface area contributed by atoms with E-state index in [9.17, 15) is 4.39 Å². The number of benzene rings is 1. The maximum atomic E-state index is 12.6. The number of alkyl halides is 1. The van der Waals surface area contributed by atoms with Gasteiger partial charge in [-0.25, -0.2) is 4.39 Å².